The number of anilines is 1. The molecular weight excluding hydrogens is 240 g/mol. The zero-order chi connectivity index (χ0) is 12.8. The lowest BCUT2D eigenvalue weighted by Crippen LogP contribution is -2.28. The van der Waals surface area contributed by atoms with Crippen LogP contribution in [-0.4, -0.2) is 19.6 Å². The molecule has 0 saturated heterocycles. The summed E-state index contributed by atoms with van der Waals surface area (Å²) in [4.78, 5) is 0.0792. The van der Waals surface area contributed by atoms with Gasteiger partial charge in [-0.1, -0.05) is 13.8 Å². The Labute approximate surface area is 101 Å². The van der Waals surface area contributed by atoms with Crippen LogP contribution < -0.4 is 10.5 Å². The lowest BCUT2D eigenvalue weighted by Gasteiger charge is -2.09. The zero-order valence-electron chi connectivity index (χ0n) is 9.77. The van der Waals surface area contributed by atoms with Gasteiger partial charge in [-0.2, -0.15) is 0 Å². The fourth-order valence-corrected chi connectivity index (χ4v) is 3.07. The first kappa shape index (κ1) is 12.2. The van der Waals surface area contributed by atoms with E-state index in [-0.39, 0.29) is 27.8 Å². The Balaban J connectivity index is 2.23. The molecule has 1 fully saturated rings. The first-order valence-corrected chi connectivity index (χ1v) is 6.81. The molecule has 1 aliphatic carbocycles. The Kier molecular flexibility index (Phi) is 2.59. The molecule has 1 aromatic rings. The number of nitrogens with two attached hydrogens (primary N) is 1. The van der Waals surface area contributed by atoms with Crippen molar-refractivity contribution in [3.8, 4) is 5.75 Å². The van der Waals surface area contributed by atoms with Crippen LogP contribution >= 0.6 is 0 Å². The summed E-state index contributed by atoms with van der Waals surface area (Å²) in [6.07, 6.45) is 0.833. The summed E-state index contributed by atoms with van der Waals surface area (Å²) in [6.45, 7) is 4.01. The molecule has 17 heavy (non-hydrogen) atoms. The summed E-state index contributed by atoms with van der Waals surface area (Å²) in [7, 11) is -3.55. The van der Waals surface area contributed by atoms with E-state index in [0.717, 1.165) is 6.42 Å². The van der Waals surface area contributed by atoms with Crippen LogP contribution in [0.2, 0.25) is 0 Å². The Morgan fingerprint density at radius 1 is 1.47 bits per heavy atom. The summed E-state index contributed by atoms with van der Waals surface area (Å²) in [5.41, 5.74) is 5.56. The van der Waals surface area contributed by atoms with Gasteiger partial charge < -0.3 is 10.8 Å². The van der Waals surface area contributed by atoms with Gasteiger partial charge in [0, 0.05) is 6.04 Å². The number of hydrogen-bond donors (Lipinski definition) is 3. The van der Waals surface area contributed by atoms with Crippen LogP contribution in [0.4, 0.5) is 5.69 Å². The molecule has 0 amide bonds. The number of benzene rings is 1. The van der Waals surface area contributed by atoms with Crippen molar-refractivity contribution in [1.82, 2.24) is 4.72 Å². The van der Waals surface area contributed by atoms with Gasteiger partial charge in [0.1, 0.15) is 5.75 Å². The number of aromatic hydroxyl groups is 1. The van der Waals surface area contributed by atoms with Crippen molar-refractivity contribution in [2.24, 2.45) is 5.41 Å². The van der Waals surface area contributed by atoms with Gasteiger partial charge in [-0.3, -0.25) is 0 Å². The molecule has 4 N–H and O–H groups in total. The highest BCUT2D eigenvalue weighted by molar-refractivity contribution is 7.89. The maximum Gasteiger partial charge on any atom is 0.240 e. The van der Waals surface area contributed by atoms with Crippen molar-refractivity contribution >= 4 is 15.7 Å². The lowest BCUT2D eigenvalue weighted by atomic mass is 10.2. The van der Waals surface area contributed by atoms with E-state index in [1.807, 2.05) is 13.8 Å². The molecule has 0 bridgehead atoms. The highest BCUT2D eigenvalue weighted by Gasteiger charge is 2.47. The third kappa shape index (κ3) is 2.37. The van der Waals surface area contributed by atoms with Crippen molar-refractivity contribution in [3.63, 3.8) is 0 Å². The van der Waals surface area contributed by atoms with E-state index >= 15 is 0 Å². The molecule has 1 aromatic carbocycles. The lowest BCUT2D eigenvalue weighted by molar-refractivity contribution is 0.477. The Morgan fingerprint density at radius 2 is 2.06 bits per heavy atom. The number of phenolic OH excluding ortho intramolecular Hbond substituents is 1. The molecule has 5 nitrogen and oxygen atoms in total. The minimum absolute atomic E-state index is 0.0233. The van der Waals surface area contributed by atoms with Crippen LogP contribution in [0.25, 0.3) is 0 Å². The van der Waals surface area contributed by atoms with Gasteiger partial charge in [-0.15, -0.1) is 0 Å². The van der Waals surface area contributed by atoms with Gasteiger partial charge in [0.2, 0.25) is 10.0 Å². The Hall–Kier alpha value is -1.27. The minimum Gasteiger partial charge on any atom is -0.506 e. The van der Waals surface area contributed by atoms with Crippen molar-refractivity contribution in [1.29, 1.82) is 0 Å². The second-order valence-corrected chi connectivity index (χ2v) is 6.80. The molecule has 2 rings (SSSR count). The van der Waals surface area contributed by atoms with E-state index in [2.05, 4.69) is 4.72 Å². The molecule has 1 aliphatic rings. The van der Waals surface area contributed by atoms with Crippen LogP contribution in [-0.2, 0) is 10.0 Å². The van der Waals surface area contributed by atoms with Crippen molar-refractivity contribution in [3.05, 3.63) is 18.2 Å². The van der Waals surface area contributed by atoms with Crippen LogP contribution in [0.1, 0.15) is 20.3 Å². The maximum atomic E-state index is 12.0. The Bertz CT molecular complexity index is 552. The second kappa shape index (κ2) is 3.61. The number of phenols is 1. The number of nitrogens with one attached hydrogen (secondary N) is 1. The highest BCUT2D eigenvalue weighted by Crippen LogP contribution is 2.45. The molecule has 0 radical (unpaired) electrons. The quantitative estimate of drug-likeness (QED) is 0.556. The number of hydrogen-bond acceptors (Lipinski definition) is 4. The molecule has 1 atom stereocenters. The predicted molar refractivity (Wildman–Crippen MR) is 65.0 cm³/mol. The van der Waals surface area contributed by atoms with Gasteiger partial charge in [-0.25, -0.2) is 13.1 Å². The minimum atomic E-state index is -3.55. The van der Waals surface area contributed by atoms with Crippen molar-refractivity contribution in [2.75, 3.05) is 5.73 Å². The fourth-order valence-electron chi connectivity index (χ4n) is 1.62. The van der Waals surface area contributed by atoms with Crippen LogP contribution in [0.15, 0.2) is 23.1 Å². The predicted octanol–water partition coefficient (Wildman–Crippen LogP) is 1.05. The van der Waals surface area contributed by atoms with Gasteiger partial charge >= 0.3 is 0 Å². The first-order valence-electron chi connectivity index (χ1n) is 5.33. The largest absolute Gasteiger partial charge is 0.506 e. The summed E-state index contributed by atoms with van der Waals surface area (Å²) in [5, 5.41) is 9.25. The number of nitrogen functional groups attached to an aromatic ring is 1. The monoisotopic (exact) mass is 256 g/mol. The summed E-state index contributed by atoms with van der Waals surface area (Å²) >= 11 is 0. The summed E-state index contributed by atoms with van der Waals surface area (Å²) in [6, 6.07) is 3.85. The first-order chi connectivity index (χ1) is 7.72. The van der Waals surface area contributed by atoms with Crippen molar-refractivity contribution < 1.29 is 13.5 Å². The van der Waals surface area contributed by atoms with E-state index in [9.17, 15) is 13.5 Å². The fraction of sp³-hybridized carbons (Fsp3) is 0.455. The normalized spacial score (nSPS) is 22.4. The molecule has 94 valence electrons. The summed E-state index contributed by atoms with van der Waals surface area (Å²) < 4.78 is 26.6. The van der Waals surface area contributed by atoms with E-state index in [4.69, 9.17) is 5.73 Å². The number of sulfonamides is 1. The van der Waals surface area contributed by atoms with Crippen LogP contribution in [0, 0.1) is 5.41 Å². The molecule has 6 heteroatoms. The third-order valence-corrected chi connectivity index (χ3v) is 4.59. The third-order valence-electron chi connectivity index (χ3n) is 3.12. The maximum absolute atomic E-state index is 12.0. The van der Waals surface area contributed by atoms with Crippen molar-refractivity contribution in [2.45, 2.75) is 31.2 Å². The van der Waals surface area contributed by atoms with Gasteiger partial charge in [0.15, 0.2) is 0 Å². The van der Waals surface area contributed by atoms with Gasteiger partial charge in [-0.05, 0) is 30.0 Å². The summed E-state index contributed by atoms with van der Waals surface area (Å²) in [5.74, 6) is -0.115. The zero-order valence-corrected chi connectivity index (χ0v) is 10.6. The SMILES string of the molecule is CC1(C)CC1NS(=O)(=O)c1ccc(O)c(N)c1. The highest BCUT2D eigenvalue weighted by atomic mass is 32.2. The molecule has 1 unspecified atom stereocenters. The number of rotatable bonds is 3. The average Bonchev–Trinajstić information content (AvgIpc) is 2.77. The van der Waals surface area contributed by atoms with Crippen LogP contribution in [0.5, 0.6) is 5.75 Å². The van der Waals surface area contributed by atoms with E-state index < -0.39 is 10.0 Å². The molecular formula is C11H16N2O3S. The molecule has 1 saturated carbocycles. The topological polar surface area (TPSA) is 92.4 Å². The standard InChI is InChI=1S/C11H16N2O3S/c1-11(2)6-10(11)13-17(15,16)7-3-4-9(14)8(12)5-7/h3-5,10,13-14H,6,12H2,1-2H3. The molecule has 0 aromatic heterocycles. The van der Waals surface area contributed by atoms with E-state index in [1.54, 1.807) is 0 Å². The molecule has 0 heterocycles. The van der Waals surface area contributed by atoms with Crippen LogP contribution in [0.3, 0.4) is 0 Å². The Morgan fingerprint density at radius 3 is 2.53 bits per heavy atom. The van der Waals surface area contributed by atoms with E-state index in [1.165, 1.54) is 18.2 Å². The average molecular weight is 256 g/mol. The molecule has 0 spiro atoms. The molecule has 0 aliphatic heterocycles. The van der Waals surface area contributed by atoms with E-state index in [0.29, 0.717) is 0 Å². The second-order valence-electron chi connectivity index (χ2n) is 5.09. The van der Waals surface area contributed by atoms with Gasteiger partial charge in [0.25, 0.3) is 0 Å². The smallest absolute Gasteiger partial charge is 0.240 e. The van der Waals surface area contributed by atoms with Gasteiger partial charge in [0.05, 0.1) is 10.6 Å².